The average molecular weight is 356 g/mol. The maximum absolute atomic E-state index is 9.49. The van der Waals surface area contributed by atoms with Crippen LogP contribution in [0.3, 0.4) is 0 Å². The third kappa shape index (κ3) is 3.22. The van der Waals surface area contributed by atoms with Crippen LogP contribution in [0.25, 0.3) is 0 Å². The summed E-state index contributed by atoms with van der Waals surface area (Å²) in [5.41, 5.74) is 0. The van der Waals surface area contributed by atoms with Crippen molar-refractivity contribution in [2.75, 3.05) is 6.54 Å². The smallest absolute Gasteiger partial charge is 0.243 e. The van der Waals surface area contributed by atoms with E-state index in [1.807, 2.05) is 24.3 Å². The Hall–Kier alpha value is -0.890. The number of nitrogens with one attached hydrogen (secondary N) is 1. The Bertz CT molecular complexity index is 593. The van der Waals surface area contributed by atoms with Gasteiger partial charge in [0.15, 0.2) is 5.82 Å². The number of benzene rings is 1. The number of halogens is 1. The van der Waals surface area contributed by atoms with Crippen molar-refractivity contribution in [3.8, 4) is 0 Å². The van der Waals surface area contributed by atoms with Crippen LogP contribution in [0.2, 0.25) is 0 Å². The van der Waals surface area contributed by atoms with E-state index < -0.39 is 0 Å². The lowest BCUT2D eigenvalue weighted by atomic mass is 10.2. The minimum Gasteiger partial charge on any atom is -0.392 e. The van der Waals surface area contributed by atoms with Crippen molar-refractivity contribution >= 4 is 27.7 Å². The predicted octanol–water partition coefficient (Wildman–Crippen LogP) is 2.52. The molecule has 0 aliphatic carbocycles. The van der Waals surface area contributed by atoms with E-state index in [4.69, 9.17) is 4.52 Å². The zero-order chi connectivity index (χ0) is 13.9. The predicted molar refractivity (Wildman–Crippen MR) is 79.4 cm³/mol. The van der Waals surface area contributed by atoms with Gasteiger partial charge in [0.05, 0.1) is 17.9 Å². The van der Waals surface area contributed by atoms with Gasteiger partial charge >= 0.3 is 0 Å². The molecule has 1 unspecified atom stereocenters. The van der Waals surface area contributed by atoms with Gasteiger partial charge < -0.3 is 14.9 Å². The molecule has 7 heteroatoms. The second kappa shape index (κ2) is 6.26. The molecule has 0 radical (unpaired) electrons. The Morgan fingerprint density at radius 3 is 3.05 bits per heavy atom. The lowest BCUT2D eigenvalue weighted by Gasteiger charge is -2.02. The van der Waals surface area contributed by atoms with Crippen LogP contribution >= 0.6 is 27.7 Å². The van der Waals surface area contributed by atoms with Gasteiger partial charge in [-0.3, -0.25) is 0 Å². The van der Waals surface area contributed by atoms with E-state index in [0.717, 1.165) is 9.37 Å². The van der Waals surface area contributed by atoms with Crippen molar-refractivity contribution in [2.45, 2.75) is 29.2 Å². The first-order valence-electron chi connectivity index (χ1n) is 6.33. The molecule has 1 saturated heterocycles. The molecule has 1 aliphatic heterocycles. The third-order valence-corrected chi connectivity index (χ3v) is 5.11. The van der Waals surface area contributed by atoms with Gasteiger partial charge in [-0.05, 0) is 34.5 Å². The summed E-state index contributed by atoms with van der Waals surface area (Å²) in [6.45, 7) is 0.577. The molecular formula is C13H14BrN3O2S. The van der Waals surface area contributed by atoms with E-state index in [9.17, 15) is 5.11 Å². The highest BCUT2D eigenvalue weighted by atomic mass is 79.9. The largest absolute Gasteiger partial charge is 0.392 e. The highest BCUT2D eigenvalue weighted by Gasteiger charge is 2.28. The maximum atomic E-state index is 9.49. The van der Waals surface area contributed by atoms with Gasteiger partial charge in [-0.2, -0.15) is 4.98 Å². The minimum absolute atomic E-state index is 0.0280. The summed E-state index contributed by atoms with van der Waals surface area (Å²) in [4.78, 5) is 5.53. The van der Waals surface area contributed by atoms with Crippen molar-refractivity contribution < 1.29 is 9.63 Å². The van der Waals surface area contributed by atoms with Crippen LogP contribution in [-0.2, 0) is 5.75 Å². The van der Waals surface area contributed by atoms with Crippen molar-refractivity contribution in [3.05, 3.63) is 40.5 Å². The normalized spacial score (nSPS) is 22.3. The van der Waals surface area contributed by atoms with Crippen molar-refractivity contribution in [1.82, 2.24) is 15.5 Å². The van der Waals surface area contributed by atoms with Crippen LogP contribution in [0.5, 0.6) is 0 Å². The number of thioether (sulfide) groups is 1. The second-order valence-electron chi connectivity index (χ2n) is 4.62. The lowest BCUT2D eigenvalue weighted by Crippen LogP contribution is -2.15. The highest BCUT2D eigenvalue weighted by Crippen LogP contribution is 2.29. The number of nitrogens with zero attached hydrogens (tertiary/aromatic N) is 2. The minimum atomic E-state index is -0.329. The molecule has 0 saturated carbocycles. The molecule has 2 atom stereocenters. The second-order valence-corrected chi connectivity index (χ2v) is 6.49. The number of β-amino-alcohol motifs (C(OH)–C–C–N with tert-alkyl or cyclic N) is 1. The summed E-state index contributed by atoms with van der Waals surface area (Å²) in [6, 6.07) is 8.01. The monoisotopic (exact) mass is 355 g/mol. The molecule has 0 amide bonds. The van der Waals surface area contributed by atoms with E-state index in [1.165, 1.54) is 0 Å². The molecule has 20 heavy (non-hydrogen) atoms. The molecule has 0 bridgehead atoms. The quantitative estimate of drug-likeness (QED) is 0.821. The molecule has 106 valence electrons. The van der Waals surface area contributed by atoms with Gasteiger partial charge in [-0.25, -0.2) is 0 Å². The highest BCUT2D eigenvalue weighted by molar-refractivity contribution is 9.10. The van der Waals surface area contributed by atoms with E-state index in [2.05, 4.69) is 31.4 Å². The van der Waals surface area contributed by atoms with Crippen LogP contribution in [0.4, 0.5) is 0 Å². The van der Waals surface area contributed by atoms with Gasteiger partial charge in [-0.1, -0.05) is 17.3 Å². The Kier molecular flexibility index (Phi) is 4.40. The number of hydrogen-bond acceptors (Lipinski definition) is 6. The number of hydrogen-bond donors (Lipinski definition) is 2. The molecule has 1 aromatic carbocycles. The summed E-state index contributed by atoms with van der Waals surface area (Å²) >= 11 is 5.17. The van der Waals surface area contributed by atoms with Crippen LogP contribution in [0.1, 0.15) is 24.2 Å². The fraction of sp³-hybridized carbons (Fsp3) is 0.385. The van der Waals surface area contributed by atoms with Gasteiger partial charge in [-0.15, -0.1) is 11.8 Å². The molecule has 0 spiro atoms. The molecule has 1 fully saturated rings. The van der Waals surface area contributed by atoms with E-state index in [0.29, 0.717) is 30.4 Å². The van der Waals surface area contributed by atoms with Crippen LogP contribution in [0, 0.1) is 0 Å². The summed E-state index contributed by atoms with van der Waals surface area (Å²) in [5, 5.41) is 16.6. The standard InChI is InChI=1S/C13H14BrN3O2S/c14-9-3-1-2-4-11(9)20-7-12-16-13(19-17-12)10-5-8(18)6-15-10/h1-4,8,10,15,18H,5-7H2/t8?,10-/m0/s1. The Morgan fingerprint density at radius 2 is 2.30 bits per heavy atom. The van der Waals surface area contributed by atoms with Crippen LogP contribution < -0.4 is 5.32 Å². The molecule has 1 aliphatic rings. The average Bonchev–Trinajstić information content (AvgIpc) is 3.06. The molecule has 1 aromatic heterocycles. The van der Waals surface area contributed by atoms with Crippen molar-refractivity contribution in [3.63, 3.8) is 0 Å². The van der Waals surface area contributed by atoms with Gasteiger partial charge in [0, 0.05) is 15.9 Å². The van der Waals surface area contributed by atoms with Gasteiger partial charge in [0.2, 0.25) is 5.89 Å². The topological polar surface area (TPSA) is 71.2 Å². The fourth-order valence-electron chi connectivity index (χ4n) is 2.08. The van der Waals surface area contributed by atoms with E-state index in [1.54, 1.807) is 11.8 Å². The Balaban J connectivity index is 1.62. The molecular weight excluding hydrogens is 342 g/mol. The number of aliphatic hydroxyl groups excluding tert-OH is 1. The number of aliphatic hydroxyl groups is 1. The third-order valence-electron chi connectivity index (χ3n) is 3.08. The summed E-state index contributed by atoms with van der Waals surface area (Å²) < 4.78 is 6.32. The first kappa shape index (κ1) is 14.1. The van der Waals surface area contributed by atoms with Gasteiger partial charge in [0.25, 0.3) is 0 Å². The maximum Gasteiger partial charge on any atom is 0.243 e. The molecule has 2 N–H and O–H groups in total. The molecule has 2 aromatic rings. The van der Waals surface area contributed by atoms with Gasteiger partial charge in [0.1, 0.15) is 0 Å². The van der Waals surface area contributed by atoms with Crippen LogP contribution in [-0.4, -0.2) is 27.9 Å². The first-order chi connectivity index (χ1) is 9.72. The summed E-state index contributed by atoms with van der Waals surface area (Å²) in [5.74, 6) is 1.88. The Labute approximate surface area is 129 Å². The zero-order valence-electron chi connectivity index (χ0n) is 10.6. The SMILES string of the molecule is OC1CN[C@H](c2nc(CSc3ccccc3Br)no2)C1. The van der Waals surface area contributed by atoms with Crippen LogP contribution in [0.15, 0.2) is 38.2 Å². The first-order valence-corrected chi connectivity index (χ1v) is 8.11. The van der Waals surface area contributed by atoms with Crippen molar-refractivity contribution in [1.29, 1.82) is 0 Å². The lowest BCUT2D eigenvalue weighted by molar-refractivity contribution is 0.191. The zero-order valence-corrected chi connectivity index (χ0v) is 13.0. The molecule has 5 nitrogen and oxygen atoms in total. The number of rotatable bonds is 4. The van der Waals surface area contributed by atoms with E-state index >= 15 is 0 Å². The molecule has 3 rings (SSSR count). The van der Waals surface area contributed by atoms with E-state index in [-0.39, 0.29) is 12.1 Å². The number of aromatic nitrogens is 2. The molecule has 2 heterocycles. The fourth-order valence-corrected chi connectivity index (χ4v) is 3.49. The summed E-state index contributed by atoms with van der Waals surface area (Å²) in [7, 11) is 0. The summed E-state index contributed by atoms with van der Waals surface area (Å²) in [6.07, 6.45) is 0.295. The van der Waals surface area contributed by atoms with Crippen molar-refractivity contribution in [2.24, 2.45) is 0 Å². The Morgan fingerprint density at radius 1 is 1.45 bits per heavy atom.